The van der Waals surface area contributed by atoms with Gasteiger partial charge in [-0.05, 0) is 33.8 Å². The summed E-state index contributed by atoms with van der Waals surface area (Å²) in [4.78, 5) is 10.8. The van der Waals surface area contributed by atoms with Gasteiger partial charge in [-0.15, -0.1) is 0 Å². The van der Waals surface area contributed by atoms with Gasteiger partial charge in [0.15, 0.2) is 0 Å². The number of nitro benzene ring substituents is 1. The number of benzene rings is 1. The average molecular weight is 288 g/mol. The fraction of sp³-hybridized carbons (Fsp3) is 0.375. The lowest BCUT2D eigenvalue weighted by atomic mass is 10.0. The van der Waals surface area contributed by atoms with Crippen molar-refractivity contribution in [2.75, 3.05) is 0 Å². The molecular formula is C16H20N2O3. The Hall–Kier alpha value is -2.14. The number of nitro groups is 1. The van der Waals surface area contributed by atoms with Crippen LogP contribution in [0.4, 0.5) is 5.69 Å². The summed E-state index contributed by atoms with van der Waals surface area (Å²) in [5.74, 6) is 1.75. The Morgan fingerprint density at radius 3 is 2.33 bits per heavy atom. The van der Waals surface area contributed by atoms with Crippen molar-refractivity contribution in [3.05, 3.63) is 63.1 Å². The van der Waals surface area contributed by atoms with Crippen LogP contribution in [0.15, 0.2) is 34.7 Å². The first kappa shape index (κ1) is 15.3. The molecule has 1 heterocycles. The second-order valence-electron chi connectivity index (χ2n) is 5.29. The number of nitrogens with zero attached hydrogens (tertiary/aromatic N) is 1. The predicted octanol–water partition coefficient (Wildman–Crippen LogP) is 4.22. The van der Waals surface area contributed by atoms with Gasteiger partial charge in [0.1, 0.15) is 11.5 Å². The van der Waals surface area contributed by atoms with Crippen molar-refractivity contribution in [3.63, 3.8) is 0 Å². The van der Waals surface area contributed by atoms with Gasteiger partial charge in [-0.1, -0.05) is 18.2 Å². The number of para-hydroxylation sites is 1. The van der Waals surface area contributed by atoms with E-state index in [9.17, 15) is 10.1 Å². The van der Waals surface area contributed by atoms with Crippen LogP contribution in [0.25, 0.3) is 0 Å². The number of hydrogen-bond acceptors (Lipinski definition) is 4. The molecule has 0 bridgehead atoms. The Morgan fingerprint density at radius 1 is 1.14 bits per heavy atom. The predicted molar refractivity (Wildman–Crippen MR) is 81.2 cm³/mol. The second kappa shape index (κ2) is 6.10. The van der Waals surface area contributed by atoms with Gasteiger partial charge in [0.2, 0.25) is 0 Å². The summed E-state index contributed by atoms with van der Waals surface area (Å²) in [5, 5.41) is 14.5. The first-order chi connectivity index (χ1) is 9.90. The van der Waals surface area contributed by atoms with Crippen LogP contribution in [0.5, 0.6) is 0 Å². The molecule has 112 valence electrons. The zero-order valence-corrected chi connectivity index (χ0v) is 12.7. The SMILES string of the molecule is Cc1cc(C(C)NC(C)c2ccccc2[N+](=O)[O-])c(C)o1. The van der Waals surface area contributed by atoms with Gasteiger partial charge in [0.05, 0.1) is 4.92 Å². The fourth-order valence-electron chi connectivity index (χ4n) is 2.65. The van der Waals surface area contributed by atoms with Gasteiger partial charge in [-0.3, -0.25) is 10.1 Å². The molecule has 0 aliphatic heterocycles. The van der Waals surface area contributed by atoms with Crippen molar-refractivity contribution in [2.24, 2.45) is 0 Å². The number of nitrogens with one attached hydrogen (secondary N) is 1. The molecule has 1 N–H and O–H groups in total. The summed E-state index contributed by atoms with van der Waals surface area (Å²) in [7, 11) is 0. The summed E-state index contributed by atoms with van der Waals surface area (Å²) in [5.41, 5.74) is 1.91. The van der Waals surface area contributed by atoms with Crippen molar-refractivity contribution in [1.29, 1.82) is 0 Å². The van der Waals surface area contributed by atoms with Crippen LogP contribution in [0.2, 0.25) is 0 Å². The molecule has 0 saturated heterocycles. The van der Waals surface area contributed by atoms with Crippen molar-refractivity contribution >= 4 is 5.69 Å². The molecule has 1 aromatic heterocycles. The Balaban J connectivity index is 2.20. The van der Waals surface area contributed by atoms with E-state index in [4.69, 9.17) is 4.42 Å². The molecule has 0 radical (unpaired) electrons. The van der Waals surface area contributed by atoms with Crippen molar-refractivity contribution in [2.45, 2.75) is 39.8 Å². The Kier molecular flexibility index (Phi) is 4.43. The molecule has 0 saturated carbocycles. The third-order valence-corrected chi connectivity index (χ3v) is 3.65. The molecule has 0 aliphatic rings. The van der Waals surface area contributed by atoms with E-state index >= 15 is 0 Å². The summed E-state index contributed by atoms with van der Waals surface area (Å²) in [6.07, 6.45) is 0. The minimum Gasteiger partial charge on any atom is -0.466 e. The fourth-order valence-corrected chi connectivity index (χ4v) is 2.65. The molecule has 5 nitrogen and oxygen atoms in total. The number of furan rings is 1. The van der Waals surface area contributed by atoms with Crippen molar-refractivity contribution in [3.8, 4) is 0 Å². The number of rotatable bonds is 5. The lowest BCUT2D eigenvalue weighted by Crippen LogP contribution is -2.23. The Labute approximate surface area is 124 Å². The van der Waals surface area contributed by atoms with Gasteiger partial charge in [0, 0.05) is 29.3 Å². The van der Waals surface area contributed by atoms with Crippen molar-refractivity contribution in [1.82, 2.24) is 5.32 Å². The third-order valence-electron chi connectivity index (χ3n) is 3.65. The van der Waals surface area contributed by atoms with E-state index in [2.05, 4.69) is 5.32 Å². The standard InChI is InChI=1S/C16H20N2O3/c1-10-9-15(13(4)21-10)12(3)17-11(2)14-7-5-6-8-16(14)18(19)20/h5-9,11-12,17H,1-4H3. The quantitative estimate of drug-likeness (QED) is 0.660. The molecule has 21 heavy (non-hydrogen) atoms. The van der Waals surface area contributed by atoms with Crippen LogP contribution < -0.4 is 5.32 Å². The van der Waals surface area contributed by atoms with E-state index < -0.39 is 0 Å². The highest BCUT2D eigenvalue weighted by Crippen LogP contribution is 2.28. The molecule has 2 aromatic rings. The lowest BCUT2D eigenvalue weighted by molar-refractivity contribution is -0.385. The highest BCUT2D eigenvalue weighted by molar-refractivity contribution is 5.42. The van der Waals surface area contributed by atoms with Gasteiger partial charge >= 0.3 is 0 Å². The van der Waals surface area contributed by atoms with Crippen molar-refractivity contribution < 1.29 is 9.34 Å². The maximum atomic E-state index is 11.1. The minimum absolute atomic E-state index is 0.0530. The first-order valence-corrected chi connectivity index (χ1v) is 6.96. The monoisotopic (exact) mass is 288 g/mol. The van der Waals surface area contributed by atoms with Crippen LogP contribution in [0, 0.1) is 24.0 Å². The van der Waals surface area contributed by atoms with Crippen LogP contribution >= 0.6 is 0 Å². The molecular weight excluding hydrogens is 268 g/mol. The number of aryl methyl sites for hydroxylation is 2. The maximum Gasteiger partial charge on any atom is 0.274 e. The highest BCUT2D eigenvalue weighted by atomic mass is 16.6. The Bertz CT molecular complexity index is 649. The molecule has 0 amide bonds. The van der Waals surface area contributed by atoms with Crippen LogP contribution in [-0.4, -0.2) is 4.92 Å². The van der Waals surface area contributed by atoms with Gasteiger partial charge < -0.3 is 9.73 Å². The maximum absolute atomic E-state index is 11.1. The van der Waals surface area contributed by atoms with Gasteiger partial charge in [-0.2, -0.15) is 0 Å². The molecule has 1 aromatic carbocycles. The van der Waals surface area contributed by atoms with E-state index in [0.717, 1.165) is 17.1 Å². The number of hydrogen-bond donors (Lipinski definition) is 1. The zero-order valence-electron chi connectivity index (χ0n) is 12.7. The normalized spacial score (nSPS) is 13.9. The second-order valence-corrected chi connectivity index (χ2v) is 5.29. The van der Waals surface area contributed by atoms with E-state index in [1.807, 2.05) is 39.8 Å². The molecule has 0 aliphatic carbocycles. The van der Waals surface area contributed by atoms with E-state index in [1.54, 1.807) is 12.1 Å². The van der Waals surface area contributed by atoms with Gasteiger partial charge in [-0.25, -0.2) is 0 Å². The molecule has 5 heteroatoms. The van der Waals surface area contributed by atoms with E-state index in [-0.39, 0.29) is 22.7 Å². The molecule has 0 fully saturated rings. The summed E-state index contributed by atoms with van der Waals surface area (Å²) >= 11 is 0. The Morgan fingerprint density at radius 2 is 1.76 bits per heavy atom. The highest BCUT2D eigenvalue weighted by Gasteiger charge is 2.21. The summed E-state index contributed by atoms with van der Waals surface area (Å²) in [6.45, 7) is 7.80. The summed E-state index contributed by atoms with van der Waals surface area (Å²) in [6, 6.07) is 8.74. The molecule has 0 spiro atoms. The molecule has 2 unspecified atom stereocenters. The summed E-state index contributed by atoms with van der Waals surface area (Å²) < 4.78 is 5.54. The van der Waals surface area contributed by atoms with Crippen LogP contribution in [-0.2, 0) is 0 Å². The minimum atomic E-state index is -0.342. The third kappa shape index (κ3) is 3.31. The van der Waals surface area contributed by atoms with E-state index in [1.165, 1.54) is 6.07 Å². The molecule has 2 atom stereocenters. The first-order valence-electron chi connectivity index (χ1n) is 6.96. The van der Waals surface area contributed by atoms with Crippen LogP contribution in [0.3, 0.4) is 0 Å². The smallest absolute Gasteiger partial charge is 0.274 e. The van der Waals surface area contributed by atoms with Crippen LogP contribution in [0.1, 0.15) is 48.6 Å². The topological polar surface area (TPSA) is 68.3 Å². The zero-order chi connectivity index (χ0) is 15.6. The molecule has 2 rings (SSSR count). The average Bonchev–Trinajstić information content (AvgIpc) is 2.77. The van der Waals surface area contributed by atoms with Gasteiger partial charge in [0.25, 0.3) is 5.69 Å². The lowest BCUT2D eigenvalue weighted by Gasteiger charge is -2.20. The van der Waals surface area contributed by atoms with E-state index in [0.29, 0.717) is 5.56 Å². The largest absolute Gasteiger partial charge is 0.466 e.